The molecule has 1 aliphatic heterocycles. The summed E-state index contributed by atoms with van der Waals surface area (Å²) in [5, 5.41) is 3.04. The Morgan fingerprint density at radius 1 is 1.59 bits per heavy atom. The Morgan fingerprint density at radius 2 is 2.24 bits per heavy atom. The molecule has 0 spiro atoms. The maximum atomic E-state index is 11.9. The molecule has 0 aromatic heterocycles. The van der Waals surface area contributed by atoms with Crippen molar-refractivity contribution in [2.45, 2.75) is 31.8 Å². The van der Waals surface area contributed by atoms with Crippen LogP contribution in [-0.4, -0.2) is 41.3 Å². The van der Waals surface area contributed by atoms with Gasteiger partial charge in [-0.15, -0.1) is 0 Å². The van der Waals surface area contributed by atoms with Gasteiger partial charge in [0.15, 0.2) is 0 Å². The Bertz CT molecular complexity index is 273. The minimum absolute atomic E-state index is 0.0814. The average molecular weight is 270 g/mol. The fourth-order valence-electron chi connectivity index (χ4n) is 1.71. The topological polar surface area (TPSA) is 32.3 Å². The van der Waals surface area contributed by atoms with E-state index in [0.29, 0.717) is 6.67 Å². The Morgan fingerprint density at radius 3 is 2.76 bits per heavy atom. The van der Waals surface area contributed by atoms with E-state index in [1.54, 1.807) is 0 Å². The molecule has 1 aliphatic rings. The summed E-state index contributed by atoms with van der Waals surface area (Å²) in [7, 11) is 0. The normalized spacial score (nSPS) is 23.2. The number of carbonyl (C=O) groups excluding carboxylic acids is 1. The van der Waals surface area contributed by atoms with Gasteiger partial charge in [0.2, 0.25) is 5.91 Å². The van der Waals surface area contributed by atoms with Crippen LogP contribution in [0.4, 0.5) is 13.2 Å². The van der Waals surface area contributed by atoms with Gasteiger partial charge in [-0.25, -0.2) is 0 Å². The molecule has 1 fully saturated rings. The van der Waals surface area contributed by atoms with Crippen molar-refractivity contribution < 1.29 is 18.0 Å². The maximum absolute atomic E-state index is 11.9. The van der Waals surface area contributed by atoms with Gasteiger partial charge in [0.1, 0.15) is 0 Å². The van der Waals surface area contributed by atoms with Crippen molar-refractivity contribution in [3.63, 3.8) is 0 Å². The van der Waals surface area contributed by atoms with Gasteiger partial charge >= 0.3 is 5.51 Å². The van der Waals surface area contributed by atoms with Gasteiger partial charge in [0.05, 0.1) is 12.7 Å². The molecule has 2 unspecified atom stereocenters. The van der Waals surface area contributed by atoms with Crippen LogP contribution in [-0.2, 0) is 4.79 Å². The molecule has 17 heavy (non-hydrogen) atoms. The Kier molecular flexibility index (Phi) is 5.12. The van der Waals surface area contributed by atoms with Crippen molar-refractivity contribution in [3.8, 4) is 0 Å². The molecule has 1 heterocycles. The molecule has 2 atom stereocenters. The highest BCUT2D eigenvalue weighted by Gasteiger charge is 2.35. The van der Waals surface area contributed by atoms with E-state index in [1.165, 1.54) is 4.90 Å². The third-order valence-electron chi connectivity index (χ3n) is 2.92. The minimum atomic E-state index is -4.22. The van der Waals surface area contributed by atoms with Gasteiger partial charge in [-0.3, -0.25) is 10.1 Å². The summed E-state index contributed by atoms with van der Waals surface area (Å²) in [6.45, 7) is 4.44. The van der Waals surface area contributed by atoms with Crippen LogP contribution in [0, 0.1) is 5.92 Å². The van der Waals surface area contributed by atoms with Gasteiger partial charge in [-0.05, 0) is 17.7 Å². The van der Waals surface area contributed by atoms with Crippen molar-refractivity contribution >= 4 is 17.7 Å². The maximum Gasteiger partial charge on any atom is 0.441 e. The molecule has 0 aliphatic carbocycles. The number of alkyl halides is 3. The Balaban J connectivity index is 2.35. The Labute approximate surface area is 103 Å². The predicted molar refractivity (Wildman–Crippen MR) is 61.5 cm³/mol. The molecule has 1 N–H and O–H groups in total. The summed E-state index contributed by atoms with van der Waals surface area (Å²) < 4.78 is 35.8. The first-order chi connectivity index (χ1) is 7.85. The largest absolute Gasteiger partial charge is 0.441 e. The van der Waals surface area contributed by atoms with Crippen LogP contribution in [0.5, 0.6) is 0 Å². The number of carbonyl (C=O) groups is 1. The van der Waals surface area contributed by atoms with Gasteiger partial charge in [0.25, 0.3) is 0 Å². The van der Waals surface area contributed by atoms with Crippen LogP contribution in [0.2, 0.25) is 0 Å². The molecular formula is C10H17F3N2OS. The number of rotatable bonds is 5. The van der Waals surface area contributed by atoms with E-state index < -0.39 is 5.51 Å². The van der Waals surface area contributed by atoms with Crippen molar-refractivity contribution in [2.75, 3.05) is 19.0 Å². The number of thioether (sulfide) groups is 1. The lowest BCUT2D eigenvalue weighted by Gasteiger charge is -2.18. The predicted octanol–water partition coefficient (Wildman–Crippen LogP) is 2.04. The molecule has 1 rings (SSSR count). The second-order valence-corrected chi connectivity index (χ2v) is 5.28. The summed E-state index contributed by atoms with van der Waals surface area (Å²) in [6, 6.07) is -0.240. The van der Waals surface area contributed by atoms with Crippen molar-refractivity contribution in [1.29, 1.82) is 0 Å². The van der Waals surface area contributed by atoms with Crippen molar-refractivity contribution in [2.24, 2.45) is 5.92 Å². The van der Waals surface area contributed by atoms with E-state index in [9.17, 15) is 18.0 Å². The van der Waals surface area contributed by atoms with E-state index >= 15 is 0 Å². The summed E-state index contributed by atoms with van der Waals surface area (Å²) in [5.41, 5.74) is -4.22. The number of nitrogens with zero attached hydrogens (tertiary/aromatic N) is 1. The summed E-state index contributed by atoms with van der Waals surface area (Å²) in [5.74, 6) is 0.0225. The van der Waals surface area contributed by atoms with Gasteiger partial charge in [0, 0.05) is 12.3 Å². The Hall–Kier alpha value is -0.430. The highest BCUT2D eigenvalue weighted by Crippen LogP contribution is 2.30. The van der Waals surface area contributed by atoms with Crippen LogP contribution in [0.25, 0.3) is 0 Å². The highest BCUT2D eigenvalue weighted by atomic mass is 32.2. The first-order valence-electron chi connectivity index (χ1n) is 5.58. The second-order valence-electron chi connectivity index (χ2n) is 4.12. The zero-order valence-electron chi connectivity index (χ0n) is 9.88. The average Bonchev–Trinajstić information content (AvgIpc) is 2.58. The summed E-state index contributed by atoms with van der Waals surface area (Å²) >= 11 is -0.0838. The number of hydrogen-bond acceptors (Lipinski definition) is 3. The van der Waals surface area contributed by atoms with E-state index in [0.717, 1.165) is 6.42 Å². The summed E-state index contributed by atoms with van der Waals surface area (Å²) in [6.07, 6.45) is 0.870. The quantitative estimate of drug-likeness (QED) is 0.830. The lowest BCUT2D eigenvalue weighted by molar-refractivity contribution is -0.129. The number of hydrogen-bond donors (Lipinski definition) is 1. The molecule has 0 radical (unpaired) electrons. The van der Waals surface area contributed by atoms with E-state index in [2.05, 4.69) is 5.32 Å². The zero-order chi connectivity index (χ0) is 13.1. The van der Waals surface area contributed by atoms with Crippen LogP contribution in [0.15, 0.2) is 0 Å². The van der Waals surface area contributed by atoms with Crippen LogP contribution in [0.1, 0.15) is 20.3 Å². The fourth-order valence-corrected chi connectivity index (χ4v) is 2.25. The molecule has 0 saturated carbocycles. The van der Waals surface area contributed by atoms with Crippen LogP contribution in [0.3, 0.4) is 0 Å². The van der Waals surface area contributed by atoms with E-state index in [-0.39, 0.29) is 41.9 Å². The third-order valence-corrected chi connectivity index (χ3v) is 3.63. The van der Waals surface area contributed by atoms with Gasteiger partial charge in [-0.1, -0.05) is 20.3 Å². The molecule has 100 valence electrons. The second kappa shape index (κ2) is 5.95. The van der Waals surface area contributed by atoms with E-state index in [4.69, 9.17) is 0 Å². The van der Waals surface area contributed by atoms with Gasteiger partial charge < -0.3 is 4.90 Å². The number of amides is 1. The molecular weight excluding hydrogens is 253 g/mol. The molecule has 1 amide bonds. The fraction of sp³-hybridized carbons (Fsp3) is 0.900. The SMILES string of the molecule is CCC(C)C1NCN(CCSC(F)(F)F)C1=O. The molecule has 0 aromatic rings. The van der Waals surface area contributed by atoms with Crippen molar-refractivity contribution in [1.82, 2.24) is 10.2 Å². The molecule has 0 bridgehead atoms. The van der Waals surface area contributed by atoms with Gasteiger partial charge in [-0.2, -0.15) is 13.2 Å². The molecule has 7 heteroatoms. The standard InChI is InChI=1S/C10H17F3N2OS/c1-3-7(2)8-9(16)15(6-14-8)4-5-17-10(11,12)13/h7-8,14H,3-6H2,1-2H3. The first kappa shape index (κ1) is 14.6. The monoisotopic (exact) mass is 270 g/mol. The van der Waals surface area contributed by atoms with Crippen molar-refractivity contribution in [3.05, 3.63) is 0 Å². The molecule has 3 nitrogen and oxygen atoms in total. The van der Waals surface area contributed by atoms with Crippen LogP contribution >= 0.6 is 11.8 Å². The minimum Gasteiger partial charge on any atom is -0.328 e. The zero-order valence-corrected chi connectivity index (χ0v) is 10.7. The first-order valence-corrected chi connectivity index (χ1v) is 6.56. The summed E-state index contributed by atoms with van der Waals surface area (Å²) in [4.78, 5) is 13.3. The smallest absolute Gasteiger partial charge is 0.328 e. The lowest BCUT2D eigenvalue weighted by atomic mass is 9.99. The van der Waals surface area contributed by atoms with E-state index in [1.807, 2.05) is 13.8 Å². The number of nitrogens with one attached hydrogen (secondary N) is 1. The van der Waals surface area contributed by atoms with Crippen LogP contribution < -0.4 is 5.32 Å². The molecule has 1 saturated heterocycles. The lowest BCUT2D eigenvalue weighted by Crippen LogP contribution is -2.36. The highest BCUT2D eigenvalue weighted by molar-refractivity contribution is 8.00. The molecule has 0 aromatic carbocycles. The third kappa shape index (κ3) is 4.39. The number of halogens is 3.